The van der Waals surface area contributed by atoms with E-state index >= 15 is 0 Å². The van der Waals surface area contributed by atoms with Crippen LogP contribution in [0.1, 0.15) is 29.9 Å². The molecule has 26 heavy (non-hydrogen) atoms. The van der Waals surface area contributed by atoms with Crippen LogP contribution in [0.2, 0.25) is 0 Å². The molecule has 136 valence electrons. The molecule has 1 atom stereocenters. The summed E-state index contributed by atoms with van der Waals surface area (Å²) in [5.74, 6) is 0. The highest BCUT2D eigenvalue weighted by Crippen LogP contribution is 2.25. The molecule has 5 nitrogen and oxygen atoms in total. The zero-order valence-electron chi connectivity index (χ0n) is 15.6. The fraction of sp³-hybridized carbons (Fsp3) is 0.429. The Kier molecular flexibility index (Phi) is 4.89. The second-order valence-electron chi connectivity index (χ2n) is 7.09. The van der Waals surface area contributed by atoms with Gasteiger partial charge in [0.05, 0.1) is 30.4 Å². The second kappa shape index (κ2) is 7.46. The third kappa shape index (κ3) is 3.58. The molecule has 0 bridgehead atoms. The van der Waals surface area contributed by atoms with E-state index in [-0.39, 0.29) is 0 Å². The lowest BCUT2D eigenvalue weighted by molar-refractivity contribution is 0.0963. The van der Waals surface area contributed by atoms with E-state index in [9.17, 15) is 0 Å². The minimum absolute atomic E-state index is 0.306. The molecule has 0 saturated carbocycles. The fourth-order valence-electron chi connectivity index (χ4n) is 3.78. The van der Waals surface area contributed by atoms with E-state index < -0.39 is 0 Å². The number of benzene rings is 1. The number of imidazole rings is 1. The molecular weight excluding hydrogens is 324 g/mol. The second-order valence-corrected chi connectivity index (χ2v) is 7.09. The zero-order chi connectivity index (χ0) is 17.9. The first-order valence-electron chi connectivity index (χ1n) is 9.43. The van der Waals surface area contributed by atoms with Crippen LogP contribution < -0.4 is 0 Å². The van der Waals surface area contributed by atoms with Crippen molar-refractivity contribution in [1.82, 2.24) is 19.3 Å². The van der Waals surface area contributed by atoms with Crippen LogP contribution in [0.3, 0.4) is 0 Å². The normalized spacial score (nSPS) is 17.1. The molecule has 4 rings (SSSR count). The van der Waals surface area contributed by atoms with Crippen molar-refractivity contribution in [2.75, 3.05) is 6.61 Å². The molecule has 0 aliphatic carbocycles. The highest BCUT2D eigenvalue weighted by Gasteiger charge is 2.20. The first-order valence-corrected chi connectivity index (χ1v) is 9.43. The van der Waals surface area contributed by atoms with Crippen molar-refractivity contribution in [3.8, 4) is 11.3 Å². The van der Waals surface area contributed by atoms with E-state index in [2.05, 4.69) is 51.6 Å². The quantitative estimate of drug-likeness (QED) is 0.679. The highest BCUT2D eigenvalue weighted by atomic mass is 16.5. The van der Waals surface area contributed by atoms with Crippen molar-refractivity contribution in [2.45, 2.75) is 52.3 Å². The van der Waals surface area contributed by atoms with Gasteiger partial charge in [-0.2, -0.15) is 5.10 Å². The van der Waals surface area contributed by atoms with Crippen LogP contribution in [0.5, 0.6) is 0 Å². The molecule has 0 spiro atoms. The predicted octanol–water partition coefficient (Wildman–Crippen LogP) is 3.79. The third-order valence-electron chi connectivity index (χ3n) is 5.08. The molecule has 3 aromatic rings. The number of rotatable bonds is 6. The third-order valence-corrected chi connectivity index (χ3v) is 5.08. The first-order chi connectivity index (χ1) is 12.7. The van der Waals surface area contributed by atoms with Crippen molar-refractivity contribution < 1.29 is 4.74 Å². The molecule has 1 saturated heterocycles. The molecule has 2 aromatic heterocycles. The molecule has 0 radical (unpaired) electrons. The minimum atomic E-state index is 0.306. The van der Waals surface area contributed by atoms with Gasteiger partial charge in [0, 0.05) is 36.5 Å². The number of aryl methyl sites for hydroxylation is 3. The van der Waals surface area contributed by atoms with Crippen molar-refractivity contribution >= 4 is 0 Å². The molecule has 1 aromatic carbocycles. The number of hydrogen-bond acceptors (Lipinski definition) is 3. The van der Waals surface area contributed by atoms with Gasteiger partial charge in [-0.05, 0) is 32.8 Å². The number of aromatic nitrogens is 4. The predicted molar refractivity (Wildman–Crippen MR) is 102 cm³/mol. The smallest absolute Gasteiger partial charge is 0.0956 e. The molecule has 0 unspecified atom stereocenters. The Bertz CT molecular complexity index is 860. The van der Waals surface area contributed by atoms with Gasteiger partial charge in [-0.25, -0.2) is 4.98 Å². The van der Waals surface area contributed by atoms with Gasteiger partial charge in [0.25, 0.3) is 0 Å². The van der Waals surface area contributed by atoms with Crippen molar-refractivity contribution in [1.29, 1.82) is 0 Å². The summed E-state index contributed by atoms with van der Waals surface area (Å²) in [5, 5.41) is 4.61. The van der Waals surface area contributed by atoms with Crippen molar-refractivity contribution in [2.24, 2.45) is 0 Å². The Balaban J connectivity index is 1.62. The molecule has 1 aliphatic rings. The van der Waals surface area contributed by atoms with Gasteiger partial charge in [-0.1, -0.05) is 30.3 Å². The minimum Gasteiger partial charge on any atom is -0.376 e. The maximum atomic E-state index is 5.85. The molecule has 1 fully saturated rings. The highest BCUT2D eigenvalue weighted by molar-refractivity contribution is 5.61. The summed E-state index contributed by atoms with van der Waals surface area (Å²) in [6, 6.07) is 12.6. The fourth-order valence-corrected chi connectivity index (χ4v) is 3.78. The van der Waals surface area contributed by atoms with E-state index in [4.69, 9.17) is 9.72 Å². The Labute approximate surface area is 154 Å². The van der Waals surface area contributed by atoms with Crippen LogP contribution in [0.25, 0.3) is 11.3 Å². The summed E-state index contributed by atoms with van der Waals surface area (Å²) in [6.45, 7) is 6.78. The van der Waals surface area contributed by atoms with Gasteiger partial charge >= 0.3 is 0 Å². The van der Waals surface area contributed by atoms with E-state index in [1.54, 1.807) is 0 Å². The van der Waals surface area contributed by atoms with Gasteiger partial charge < -0.3 is 9.30 Å². The summed E-state index contributed by atoms with van der Waals surface area (Å²) in [6.07, 6.45) is 5.47. The van der Waals surface area contributed by atoms with Crippen LogP contribution >= 0.6 is 0 Å². The van der Waals surface area contributed by atoms with Crippen molar-refractivity contribution in [3.05, 3.63) is 59.8 Å². The Morgan fingerprint density at radius 2 is 2.04 bits per heavy atom. The molecular formula is C21H26N4O. The summed E-state index contributed by atoms with van der Waals surface area (Å²) < 4.78 is 10.2. The SMILES string of the molecule is Cc1cc(C)n(CCc2c(-c3ccccc3)ncn2C[C@@H]2CCCO2)n1. The zero-order valence-corrected chi connectivity index (χ0v) is 15.6. The molecule has 3 heterocycles. The molecule has 0 amide bonds. The van der Waals surface area contributed by atoms with Crippen molar-refractivity contribution in [3.63, 3.8) is 0 Å². The van der Waals surface area contributed by atoms with Crippen LogP contribution in [0.15, 0.2) is 42.7 Å². The average molecular weight is 350 g/mol. The maximum Gasteiger partial charge on any atom is 0.0956 e. The van der Waals surface area contributed by atoms with E-state index in [0.717, 1.165) is 50.3 Å². The topological polar surface area (TPSA) is 44.9 Å². The van der Waals surface area contributed by atoms with Gasteiger partial charge in [0.15, 0.2) is 0 Å². The number of nitrogens with zero attached hydrogens (tertiary/aromatic N) is 4. The monoisotopic (exact) mass is 350 g/mol. The Morgan fingerprint density at radius 1 is 1.19 bits per heavy atom. The van der Waals surface area contributed by atoms with Gasteiger partial charge in [-0.15, -0.1) is 0 Å². The van der Waals surface area contributed by atoms with Crippen LogP contribution in [-0.2, 0) is 24.2 Å². The lowest BCUT2D eigenvalue weighted by Crippen LogP contribution is -2.17. The maximum absolute atomic E-state index is 5.85. The summed E-state index contributed by atoms with van der Waals surface area (Å²) in [5.41, 5.74) is 5.78. The van der Waals surface area contributed by atoms with Gasteiger partial charge in [0.1, 0.15) is 0 Å². The van der Waals surface area contributed by atoms with E-state index in [1.165, 1.54) is 17.0 Å². The summed E-state index contributed by atoms with van der Waals surface area (Å²) in [4.78, 5) is 4.75. The Hall–Kier alpha value is -2.40. The lowest BCUT2D eigenvalue weighted by atomic mass is 10.1. The number of ether oxygens (including phenoxy) is 1. The van der Waals surface area contributed by atoms with Gasteiger partial charge in [0.2, 0.25) is 0 Å². The standard InChI is InChI=1S/C21H26N4O/c1-16-13-17(2)25(23-16)11-10-20-21(18-7-4-3-5-8-18)22-15-24(20)14-19-9-6-12-26-19/h3-5,7-8,13,15,19H,6,9-12,14H2,1-2H3/t19-/m0/s1. The summed E-state index contributed by atoms with van der Waals surface area (Å²) >= 11 is 0. The average Bonchev–Trinajstić information content (AvgIpc) is 3.36. The number of hydrogen-bond donors (Lipinski definition) is 0. The largest absolute Gasteiger partial charge is 0.376 e. The lowest BCUT2D eigenvalue weighted by Gasteiger charge is -2.15. The molecule has 5 heteroatoms. The van der Waals surface area contributed by atoms with Crippen LogP contribution in [0, 0.1) is 13.8 Å². The first kappa shape index (κ1) is 17.0. The van der Waals surface area contributed by atoms with E-state index in [0.29, 0.717) is 6.10 Å². The van der Waals surface area contributed by atoms with Crippen LogP contribution in [0.4, 0.5) is 0 Å². The van der Waals surface area contributed by atoms with Crippen LogP contribution in [-0.4, -0.2) is 32.0 Å². The Morgan fingerprint density at radius 3 is 2.73 bits per heavy atom. The molecule has 0 N–H and O–H groups in total. The van der Waals surface area contributed by atoms with E-state index in [1.807, 2.05) is 19.3 Å². The summed E-state index contributed by atoms with van der Waals surface area (Å²) in [7, 11) is 0. The molecule has 1 aliphatic heterocycles. The van der Waals surface area contributed by atoms with Gasteiger partial charge in [-0.3, -0.25) is 4.68 Å².